The van der Waals surface area contributed by atoms with Gasteiger partial charge in [0.25, 0.3) is 0 Å². The summed E-state index contributed by atoms with van der Waals surface area (Å²) in [5.74, 6) is -0.187. The molecule has 11 aromatic carbocycles. The maximum atomic E-state index is 10.0. The first-order valence-electron chi connectivity index (χ1n) is 37.3. The maximum absolute atomic E-state index is 10.0. The van der Waals surface area contributed by atoms with E-state index in [-0.39, 0.29) is 135 Å². The van der Waals surface area contributed by atoms with E-state index in [1.54, 1.807) is 12.4 Å². The molecule has 12 heterocycles. The first-order chi connectivity index (χ1) is 56.5. The summed E-state index contributed by atoms with van der Waals surface area (Å²) in [6, 6.07) is 82.6. The zero-order valence-electron chi connectivity index (χ0n) is 65.4. The Kier molecular flexibility index (Phi) is 29.4. The number of carbonyl (C=O) groups excluding carboxylic acids is 3. The monoisotopic (exact) mass is 2480 g/mol. The van der Waals surface area contributed by atoms with E-state index >= 15 is 0 Å². The third-order valence-electron chi connectivity index (χ3n) is 19.4. The predicted molar refractivity (Wildman–Crippen MR) is 469 cm³/mol. The van der Waals surface area contributed by atoms with Gasteiger partial charge in [0, 0.05) is 177 Å². The molecule has 0 spiro atoms. The van der Waals surface area contributed by atoms with Gasteiger partial charge in [-0.15, -0.1) is 44.1 Å². The smallest absolute Gasteiger partial charge is 0.155 e. The number of aliphatic hydroxyl groups excluding tert-OH is 3. The first kappa shape index (κ1) is 89.5. The summed E-state index contributed by atoms with van der Waals surface area (Å²) in [5, 5.41) is 47.1. The van der Waals surface area contributed by atoms with Gasteiger partial charge in [-0.2, -0.15) is 12.4 Å². The second kappa shape index (κ2) is 39.7. The van der Waals surface area contributed by atoms with E-state index in [0.29, 0.717) is 0 Å². The summed E-state index contributed by atoms with van der Waals surface area (Å²) in [6.45, 7) is 8.54. The molecule has 0 saturated carbocycles. The van der Waals surface area contributed by atoms with Crippen LogP contribution in [-0.2, 0) is 115 Å². The number of hydrogen-bond donors (Lipinski definition) is 3. The van der Waals surface area contributed by atoms with E-state index < -0.39 is 0 Å². The van der Waals surface area contributed by atoms with Gasteiger partial charge in [-0.3, -0.25) is 39.3 Å². The van der Waals surface area contributed by atoms with Gasteiger partial charge in [-0.25, -0.2) is 0 Å². The van der Waals surface area contributed by atoms with E-state index in [2.05, 4.69) is 180 Å². The molecule has 121 heavy (non-hydrogen) atoms. The number of aromatic nitrogens is 10. The Labute approximate surface area is 758 Å². The topological polar surface area (TPSA) is 273 Å². The zero-order valence-corrected chi connectivity index (χ0v) is 77.4. The molecule has 0 atom stereocenters. The summed E-state index contributed by atoms with van der Waals surface area (Å²) in [6.07, 6.45) is 16.2. The fourth-order valence-corrected chi connectivity index (χ4v) is 14.7. The molecule has 611 valence electrons. The molecule has 0 bridgehead atoms. The van der Waals surface area contributed by atoms with Gasteiger partial charge < -0.3 is 49.1 Å². The van der Waals surface area contributed by atoms with Crippen molar-refractivity contribution in [1.29, 1.82) is 0 Å². The minimum absolute atomic E-state index is 0. The second-order valence-corrected chi connectivity index (χ2v) is 27.7. The van der Waals surface area contributed by atoms with E-state index in [1.165, 1.54) is 108 Å². The van der Waals surface area contributed by atoms with Crippen molar-refractivity contribution in [3.05, 3.63) is 322 Å². The van der Waals surface area contributed by atoms with Crippen LogP contribution < -0.4 is 24.9 Å². The van der Waals surface area contributed by atoms with Crippen LogP contribution in [0.4, 0.5) is 0 Å². The van der Waals surface area contributed by atoms with Crippen molar-refractivity contribution in [2.45, 2.75) is 41.5 Å². The van der Waals surface area contributed by atoms with Crippen LogP contribution in [0.1, 0.15) is 41.5 Å². The molecular formula is C98H71Ir5N10O8-5. The maximum Gasteiger partial charge on any atom is 0.155 e. The van der Waals surface area contributed by atoms with Crippen LogP contribution in [0.5, 0.6) is 0 Å². The minimum Gasteiger partial charge on any atom is -0.663 e. The van der Waals surface area contributed by atoms with Crippen molar-refractivity contribution in [3.8, 4) is 0 Å². The Morgan fingerprint density at radius 1 is 0.264 bits per heavy atom. The van der Waals surface area contributed by atoms with Crippen LogP contribution in [0.2, 0.25) is 0 Å². The molecule has 0 aliphatic carbocycles. The summed E-state index contributed by atoms with van der Waals surface area (Å²) >= 11 is 0. The van der Waals surface area contributed by atoms with Crippen molar-refractivity contribution in [3.63, 3.8) is 0 Å². The molecule has 18 nitrogen and oxygen atoms in total. The Hall–Kier alpha value is -12.3. The quantitative estimate of drug-likeness (QED) is 0.0842. The molecular weight excluding hydrogens is 2410 g/mol. The number of carbonyl (C=O) groups is 3. The number of pyridine rings is 5. The molecule has 23 rings (SSSR count). The molecule has 23 heteroatoms. The van der Waals surface area contributed by atoms with Crippen molar-refractivity contribution in [1.82, 2.24) is 49.8 Å². The molecule has 0 fully saturated rings. The number of allylic oxidation sites excluding steroid dienone is 6. The first-order valence-corrected chi connectivity index (χ1v) is 37.3. The number of aliphatic hydroxyl groups is 3. The van der Waals surface area contributed by atoms with E-state index in [1.807, 2.05) is 128 Å². The fraction of sp³-hybridized carbons (Fsp3) is 0.0612. The SMILES string of the molecule is CC(=O)C=C(C)O.CC(=O)C=C(C)O.CC(=O)C=C(C)O.[Ir].[Ir].[Ir].[Ir].[Ir].c1cnc2c(c1)ccc1ccc3c4ccccc4[n-]c3c12.c1cnc2c(c1)ccc1ccc3c4ccccc4[n-]c3c12.c1cnc2c(c1)ccc1ccc3c4ccccc4[n-]c3c12.c1cnc2c(c1)oc1ccc3cc[n-]c3c12.c1cnc2c(c1)oc1ccc3cc[n-]c3c12. The fourth-order valence-electron chi connectivity index (χ4n) is 14.7. The van der Waals surface area contributed by atoms with E-state index in [0.717, 1.165) is 148 Å². The minimum atomic E-state index is -0.125. The standard InChI is InChI=1S/3C19H11N2.2C13H7N2O.3C5H8O2.5Ir/c3*1-2-6-16-14(5-1)15-10-9-12-7-8-13-4-3-11-20-18(13)17(12)19(15)21-16;2*1-2-10-13(14-6-1)11-9(16-10)4-3-8-5-7-15-12(8)11;3*1-4(6)3-5(2)7;;;;;/h3*1-11H;2*1-7H;3*3,6H,1-2H3;;;;;/q5*-1;;;;;;;;. The van der Waals surface area contributed by atoms with Crippen LogP contribution in [0.15, 0.2) is 330 Å². The van der Waals surface area contributed by atoms with Crippen molar-refractivity contribution in [2.75, 3.05) is 0 Å². The molecule has 0 unspecified atom stereocenters. The summed E-state index contributed by atoms with van der Waals surface area (Å²) in [4.78, 5) is 75.9. The van der Waals surface area contributed by atoms with Gasteiger partial charge in [-0.05, 0) is 172 Å². The molecule has 0 saturated heterocycles. The Balaban J connectivity index is 0.000000139. The molecule has 23 aromatic rings. The normalized spacial score (nSPS) is 11.2. The molecule has 0 aliphatic rings. The van der Waals surface area contributed by atoms with Crippen LogP contribution >= 0.6 is 0 Å². The second-order valence-electron chi connectivity index (χ2n) is 27.7. The van der Waals surface area contributed by atoms with Crippen LogP contribution in [0.25, 0.3) is 196 Å². The number of fused-ring (bicyclic) bond motifs is 31. The number of hydrogen-bond acceptors (Lipinski definition) is 13. The number of para-hydroxylation sites is 3. The molecule has 12 aromatic heterocycles. The molecule has 0 aliphatic heterocycles. The van der Waals surface area contributed by atoms with Crippen LogP contribution in [0, 0.1) is 0 Å². The molecule has 0 amide bonds. The van der Waals surface area contributed by atoms with Gasteiger partial charge in [0.15, 0.2) is 28.5 Å². The van der Waals surface area contributed by atoms with Crippen molar-refractivity contribution < 1.29 is 139 Å². The number of ketones is 3. The Bertz CT molecular complexity index is 7190. The Morgan fingerprint density at radius 2 is 0.537 bits per heavy atom. The molecule has 5 radical (unpaired) electrons. The van der Waals surface area contributed by atoms with Gasteiger partial charge in [0.1, 0.15) is 22.2 Å². The van der Waals surface area contributed by atoms with Crippen molar-refractivity contribution in [2.24, 2.45) is 0 Å². The largest absolute Gasteiger partial charge is 0.663 e. The van der Waals surface area contributed by atoms with Crippen molar-refractivity contribution >= 4 is 214 Å². The zero-order chi connectivity index (χ0) is 80.1. The number of furan rings is 2. The van der Waals surface area contributed by atoms with Gasteiger partial charge in [-0.1, -0.05) is 188 Å². The summed E-state index contributed by atoms with van der Waals surface area (Å²) in [5.41, 5.74) is 16.4. The predicted octanol–water partition coefficient (Wildman–Crippen LogP) is 23.2. The average Bonchev–Trinajstić information content (AvgIpc) is 1.66. The van der Waals surface area contributed by atoms with Crippen LogP contribution in [0.3, 0.4) is 0 Å². The van der Waals surface area contributed by atoms with Crippen LogP contribution in [-0.4, -0.2) is 57.6 Å². The Morgan fingerprint density at radius 3 is 0.835 bits per heavy atom. The number of benzene rings is 11. The van der Waals surface area contributed by atoms with E-state index in [9.17, 15) is 14.4 Å². The number of nitrogens with zero attached hydrogens (tertiary/aromatic N) is 10. The average molecular weight is 2480 g/mol. The summed E-state index contributed by atoms with van der Waals surface area (Å²) < 4.78 is 11.5. The number of rotatable bonds is 3. The molecule has 3 N–H and O–H groups in total. The van der Waals surface area contributed by atoms with E-state index in [4.69, 9.17) is 39.1 Å². The third kappa shape index (κ3) is 19.0. The summed E-state index contributed by atoms with van der Waals surface area (Å²) in [7, 11) is 0. The third-order valence-corrected chi connectivity index (χ3v) is 19.4. The van der Waals surface area contributed by atoms with Gasteiger partial charge >= 0.3 is 0 Å². The van der Waals surface area contributed by atoms with Gasteiger partial charge in [0.2, 0.25) is 0 Å². The van der Waals surface area contributed by atoms with Gasteiger partial charge in [0.05, 0.1) is 33.8 Å².